The van der Waals surface area contributed by atoms with Crippen LogP contribution in [0.1, 0.15) is 27.7 Å². The monoisotopic (exact) mass is 404 g/mol. The molecule has 8 nitrogen and oxygen atoms in total. The molecule has 0 amide bonds. The third-order valence-corrected chi connectivity index (χ3v) is 1.68. The van der Waals surface area contributed by atoms with Crippen molar-refractivity contribution in [3.63, 3.8) is 0 Å². The topological polar surface area (TPSA) is 126 Å². The number of hydrogen-bond donors (Lipinski definition) is 3. The average molecular weight is 405 g/mol. The molecule has 3 N–H and O–H groups in total. The van der Waals surface area contributed by atoms with Crippen molar-refractivity contribution in [2.75, 3.05) is 0 Å². The summed E-state index contributed by atoms with van der Waals surface area (Å²) in [5.74, 6) is 0. The molecule has 0 bridgehead atoms. The van der Waals surface area contributed by atoms with E-state index >= 15 is 0 Å². The van der Waals surface area contributed by atoms with Crippen LogP contribution in [0.4, 0.5) is 0 Å². The van der Waals surface area contributed by atoms with E-state index in [2.05, 4.69) is 10.4 Å². The molecule has 0 rings (SSSR count). The Morgan fingerprint density at radius 2 is 1.37 bits per heavy atom. The second kappa shape index (κ2) is 17.4. The third-order valence-electron chi connectivity index (χ3n) is 1.68. The van der Waals surface area contributed by atoms with Crippen molar-refractivity contribution in [1.29, 1.82) is 0 Å². The minimum absolute atomic E-state index is 0.194. The molecule has 0 fully saturated rings. The van der Waals surface area contributed by atoms with Gasteiger partial charge in [0.05, 0.1) is 11.4 Å². The molecule has 0 heterocycles. The van der Waals surface area contributed by atoms with Crippen LogP contribution in [0.5, 0.6) is 0 Å². The molecule has 0 saturated heterocycles. The number of nitroso groups, excluding NO2 is 2. The van der Waals surface area contributed by atoms with Crippen molar-refractivity contribution in [3.8, 4) is 0 Å². The quantitative estimate of drug-likeness (QED) is 0.374. The molecule has 11 heteroatoms. The zero-order chi connectivity index (χ0) is 15.8. The summed E-state index contributed by atoms with van der Waals surface area (Å²) in [5, 5.41) is 22.9. The predicted molar refractivity (Wildman–Crippen MR) is 71.5 cm³/mol. The number of rotatable bonds is 4. The molecule has 0 aromatic carbocycles. The van der Waals surface area contributed by atoms with Gasteiger partial charge >= 0.3 is 34.5 Å². The molecule has 19 heavy (non-hydrogen) atoms. The minimum atomic E-state index is -0.226. The molecular weight excluding hydrogens is 390 g/mol. The van der Waals surface area contributed by atoms with Crippen LogP contribution in [-0.2, 0) is 15.1 Å². The Hall–Kier alpha value is -0.597. The van der Waals surface area contributed by atoms with Gasteiger partial charge in [0.2, 0.25) is 0 Å². The Kier molecular flexibility index (Phi) is 21.5. The van der Waals surface area contributed by atoms with Crippen molar-refractivity contribution in [2.45, 2.75) is 27.7 Å². The van der Waals surface area contributed by atoms with Gasteiger partial charge in [-0.2, -0.15) is 0 Å². The summed E-state index contributed by atoms with van der Waals surface area (Å²) in [6, 6.07) is 0. The maximum absolute atomic E-state index is 9.72. The van der Waals surface area contributed by atoms with Gasteiger partial charge in [-0.15, -0.1) is 9.81 Å². The summed E-state index contributed by atoms with van der Waals surface area (Å²) in [4.78, 5) is 19.3. The molecule has 0 saturated carbocycles. The van der Waals surface area contributed by atoms with Gasteiger partial charge in [0.1, 0.15) is 5.70 Å². The standard InChI is InChI=1S/C4H8N2O2.C4H7N2O2.2ClH.Rh/c2*1-3(5-7)4(2)6-8;;;/h5,7H,1-2H3;5H,1-2H3;2*1H;/q;-1;;;+3/p-2. The number of halogens is 2. The first-order valence-corrected chi connectivity index (χ1v) is 8.71. The van der Waals surface area contributed by atoms with Gasteiger partial charge < -0.3 is 10.7 Å². The van der Waals surface area contributed by atoms with Gasteiger partial charge in [-0.3, -0.25) is 10.7 Å². The fourth-order valence-corrected chi connectivity index (χ4v) is 0.292. The summed E-state index contributed by atoms with van der Waals surface area (Å²) in [6.45, 7) is 6.01. The second-order valence-corrected chi connectivity index (χ2v) is 5.35. The molecule has 0 radical (unpaired) electrons. The molecule has 0 aromatic heterocycles. The van der Waals surface area contributed by atoms with Gasteiger partial charge in [0, 0.05) is 5.70 Å². The van der Waals surface area contributed by atoms with E-state index in [-0.39, 0.29) is 32.2 Å². The van der Waals surface area contributed by atoms with Crippen LogP contribution in [0.3, 0.4) is 0 Å². The third kappa shape index (κ3) is 17.4. The van der Waals surface area contributed by atoms with Crippen molar-refractivity contribution >= 4 is 19.4 Å². The fourth-order valence-electron chi connectivity index (χ4n) is 0.292. The molecule has 0 aliphatic rings. The van der Waals surface area contributed by atoms with Crippen LogP contribution >= 0.6 is 19.4 Å². The zero-order valence-electron chi connectivity index (χ0n) is 10.7. The maximum atomic E-state index is 9.72. The van der Waals surface area contributed by atoms with E-state index in [9.17, 15) is 15.0 Å². The van der Waals surface area contributed by atoms with E-state index in [1.807, 2.05) is 0 Å². The number of allylic oxidation sites excluding steroid dienone is 4. The predicted octanol–water partition coefficient (Wildman–Crippen LogP) is 3.45. The fraction of sp³-hybridized carbons (Fsp3) is 0.500. The molecule has 0 aromatic rings. The van der Waals surface area contributed by atoms with Crippen molar-refractivity contribution < 1.29 is 20.4 Å². The van der Waals surface area contributed by atoms with Gasteiger partial charge in [-0.1, -0.05) is 0 Å². The number of nitrogens with zero attached hydrogens (tertiary/aromatic N) is 2. The van der Waals surface area contributed by atoms with Crippen molar-refractivity contribution in [2.24, 2.45) is 10.4 Å². The van der Waals surface area contributed by atoms with E-state index in [0.717, 1.165) is 0 Å². The van der Waals surface area contributed by atoms with Crippen LogP contribution in [-0.4, -0.2) is 5.21 Å². The molecule has 0 aliphatic heterocycles. The first-order valence-electron chi connectivity index (χ1n) is 4.49. The summed E-state index contributed by atoms with van der Waals surface area (Å²) in [7, 11) is 9.67. The van der Waals surface area contributed by atoms with E-state index in [1.165, 1.54) is 20.8 Å². The normalized spacial score (nSPS) is 11.6. The average Bonchev–Trinajstić information content (AvgIpc) is 2.45. The van der Waals surface area contributed by atoms with E-state index in [1.54, 1.807) is 17.9 Å². The Morgan fingerprint density at radius 1 is 1.05 bits per heavy atom. The van der Waals surface area contributed by atoms with Gasteiger partial charge in [-0.25, -0.2) is 0 Å². The summed E-state index contributed by atoms with van der Waals surface area (Å²) >= 11 is -0.226. The Labute approximate surface area is 126 Å². The Bertz CT molecular complexity index is 296. The summed E-state index contributed by atoms with van der Waals surface area (Å²) in [5.41, 5.74) is 4.44. The van der Waals surface area contributed by atoms with Crippen molar-refractivity contribution in [1.82, 2.24) is 11.0 Å². The van der Waals surface area contributed by atoms with Gasteiger partial charge in [-0.05, 0) is 38.0 Å². The zero-order valence-corrected chi connectivity index (χ0v) is 13.8. The van der Waals surface area contributed by atoms with Crippen LogP contribution in [0, 0.1) is 15.0 Å². The summed E-state index contributed by atoms with van der Waals surface area (Å²) in [6.07, 6.45) is 0. The van der Waals surface area contributed by atoms with E-state index in [4.69, 9.17) is 24.6 Å². The van der Waals surface area contributed by atoms with Crippen LogP contribution in [0.25, 0.3) is 0 Å². The first-order chi connectivity index (χ1) is 8.85. The van der Waals surface area contributed by atoms with Crippen LogP contribution in [0.15, 0.2) is 33.1 Å². The molecule has 114 valence electrons. The Morgan fingerprint density at radius 3 is 1.47 bits per heavy atom. The van der Waals surface area contributed by atoms with Crippen molar-refractivity contribution in [3.05, 3.63) is 37.8 Å². The van der Waals surface area contributed by atoms with E-state index < -0.39 is 0 Å². The molecule has 0 aliphatic carbocycles. The van der Waals surface area contributed by atoms with Crippen LogP contribution < -0.4 is 11.0 Å². The van der Waals surface area contributed by atoms with Gasteiger partial charge in [0.15, 0.2) is 0 Å². The molecular formula is C8H15Cl2N4O4Rh. The molecule has 0 atom stereocenters. The summed E-state index contributed by atoms with van der Waals surface area (Å²) < 4.78 is 0. The molecule has 0 spiro atoms. The second-order valence-electron chi connectivity index (χ2n) is 2.86. The first kappa shape index (κ1) is 23.5. The van der Waals surface area contributed by atoms with E-state index in [0.29, 0.717) is 5.70 Å². The number of hydroxylamine groups is 2. The SMILES string of the molecule is CC(N=O)=C(C)NO.CC(N=O)=C(C)N[O-].[Cl][Rh+][Cl]. The molecule has 0 unspecified atom stereocenters. The number of hydrogen-bond acceptors (Lipinski definition) is 8. The van der Waals surface area contributed by atoms with Crippen LogP contribution in [0.2, 0.25) is 0 Å². The number of nitrogens with one attached hydrogen (secondary N) is 2. The Balaban J connectivity index is -0.000000224. The van der Waals surface area contributed by atoms with Gasteiger partial charge in [0.25, 0.3) is 0 Å².